The Kier molecular flexibility index (Phi) is 4.80. The van der Waals surface area contributed by atoms with Crippen LogP contribution in [0, 0.1) is 6.92 Å². The minimum absolute atomic E-state index is 0.0617. The van der Waals surface area contributed by atoms with Crippen LogP contribution in [0.25, 0.3) is 0 Å². The van der Waals surface area contributed by atoms with Crippen molar-refractivity contribution in [2.75, 3.05) is 25.1 Å². The third-order valence-electron chi connectivity index (χ3n) is 3.45. The number of piperidine rings is 1. The molecule has 0 saturated carbocycles. The van der Waals surface area contributed by atoms with Crippen molar-refractivity contribution in [1.29, 1.82) is 0 Å². The number of carbonyl (C=O) groups excluding carboxylic acids is 1. The first kappa shape index (κ1) is 15.4. The summed E-state index contributed by atoms with van der Waals surface area (Å²) in [6.07, 6.45) is 5.11. The molecule has 7 heteroatoms. The SMILES string of the molecule is Cc1cnc(C2CCCN(C(=O)CCS(C)(=O)=O)C2)s1. The van der Waals surface area contributed by atoms with Gasteiger partial charge in [0.1, 0.15) is 9.84 Å². The summed E-state index contributed by atoms with van der Waals surface area (Å²) in [6.45, 7) is 3.41. The summed E-state index contributed by atoms with van der Waals surface area (Å²) in [7, 11) is -3.08. The van der Waals surface area contributed by atoms with Crippen molar-refractivity contribution >= 4 is 27.1 Å². The normalized spacial score (nSPS) is 20.1. The van der Waals surface area contributed by atoms with E-state index in [4.69, 9.17) is 0 Å². The molecule has 5 nitrogen and oxygen atoms in total. The van der Waals surface area contributed by atoms with E-state index in [0.717, 1.165) is 30.6 Å². The molecule has 1 atom stereocenters. The summed E-state index contributed by atoms with van der Waals surface area (Å²) in [6, 6.07) is 0. The first-order valence-corrected chi connectivity index (χ1v) is 9.60. The summed E-state index contributed by atoms with van der Waals surface area (Å²) in [5.41, 5.74) is 0. The molecular formula is C13H20N2O3S2. The maximum Gasteiger partial charge on any atom is 0.223 e. The zero-order chi connectivity index (χ0) is 14.8. The second-order valence-corrected chi connectivity index (χ2v) is 8.89. The average Bonchev–Trinajstić information content (AvgIpc) is 2.82. The van der Waals surface area contributed by atoms with Crippen molar-refractivity contribution < 1.29 is 13.2 Å². The Balaban J connectivity index is 1.94. The van der Waals surface area contributed by atoms with E-state index >= 15 is 0 Å². The third kappa shape index (κ3) is 4.28. The van der Waals surface area contributed by atoms with Gasteiger partial charge in [-0.1, -0.05) is 0 Å². The topological polar surface area (TPSA) is 67.3 Å². The monoisotopic (exact) mass is 316 g/mol. The summed E-state index contributed by atoms with van der Waals surface area (Å²) < 4.78 is 22.3. The van der Waals surface area contributed by atoms with Crippen LogP contribution < -0.4 is 0 Å². The quantitative estimate of drug-likeness (QED) is 0.846. The van der Waals surface area contributed by atoms with Crippen LogP contribution in [0.4, 0.5) is 0 Å². The molecule has 0 spiro atoms. The van der Waals surface area contributed by atoms with Gasteiger partial charge in [-0.25, -0.2) is 13.4 Å². The van der Waals surface area contributed by atoms with Crippen LogP contribution in [0.3, 0.4) is 0 Å². The predicted octanol–water partition coefficient (Wildman–Crippen LogP) is 1.59. The highest BCUT2D eigenvalue weighted by molar-refractivity contribution is 7.90. The lowest BCUT2D eigenvalue weighted by molar-refractivity contribution is -0.131. The smallest absolute Gasteiger partial charge is 0.223 e. The van der Waals surface area contributed by atoms with E-state index in [-0.39, 0.29) is 18.1 Å². The van der Waals surface area contributed by atoms with Crippen molar-refractivity contribution in [2.45, 2.75) is 32.1 Å². The van der Waals surface area contributed by atoms with Gasteiger partial charge in [-0.3, -0.25) is 4.79 Å². The number of rotatable bonds is 4. The molecular weight excluding hydrogens is 296 g/mol. The molecule has 1 aromatic heterocycles. The lowest BCUT2D eigenvalue weighted by Crippen LogP contribution is -2.39. The third-order valence-corrected chi connectivity index (χ3v) is 5.47. The predicted molar refractivity (Wildman–Crippen MR) is 79.7 cm³/mol. The fourth-order valence-electron chi connectivity index (χ4n) is 2.40. The van der Waals surface area contributed by atoms with E-state index in [0.29, 0.717) is 12.5 Å². The van der Waals surface area contributed by atoms with Gasteiger partial charge < -0.3 is 4.90 Å². The van der Waals surface area contributed by atoms with Crippen LogP contribution >= 0.6 is 11.3 Å². The molecule has 1 saturated heterocycles. The number of hydrogen-bond donors (Lipinski definition) is 0. The molecule has 0 radical (unpaired) electrons. The van der Waals surface area contributed by atoms with Gasteiger partial charge in [0.2, 0.25) is 5.91 Å². The molecule has 0 aromatic carbocycles. The molecule has 1 fully saturated rings. The van der Waals surface area contributed by atoms with E-state index < -0.39 is 9.84 Å². The maximum absolute atomic E-state index is 12.1. The Morgan fingerprint density at radius 1 is 1.55 bits per heavy atom. The van der Waals surface area contributed by atoms with E-state index in [2.05, 4.69) is 4.98 Å². The summed E-state index contributed by atoms with van der Waals surface area (Å²) in [5, 5.41) is 1.09. The Morgan fingerprint density at radius 2 is 2.30 bits per heavy atom. The highest BCUT2D eigenvalue weighted by Crippen LogP contribution is 2.29. The maximum atomic E-state index is 12.1. The van der Waals surface area contributed by atoms with Crippen LogP contribution in [0.15, 0.2) is 6.20 Å². The van der Waals surface area contributed by atoms with Crippen molar-refractivity contribution in [2.24, 2.45) is 0 Å². The highest BCUT2D eigenvalue weighted by Gasteiger charge is 2.26. The number of aryl methyl sites for hydroxylation is 1. The molecule has 1 aromatic rings. The lowest BCUT2D eigenvalue weighted by Gasteiger charge is -2.31. The second kappa shape index (κ2) is 6.22. The van der Waals surface area contributed by atoms with Gasteiger partial charge in [-0.2, -0.15) is 0 Å². The number of amides is 1. The number of likely N-dealkylation sites (tertiary alicyclic amines) is 1. The number of nitrogens with zero attached hydrogens (tertiary/aromatic N) is 2. The van der Waals surface area contributed by atoms with Crippen LogP contribution in [0.5, 0.6) is 0 Å². The molecule has 112 valence electrons. The standard InChI is InChI=1S/C13H20N2O3S2/c1-10-8-14-13(19-10)11-4-3-6-15(9-11)12(16)5-7-20(2,17)18/h8,11H,3-7,9H2,1-2H3. The van der Waals surface area contributed by atoms with Crippen molar-refractivity contribution in [1.82, 2.24) is 9.88 Å². The van der Waals surface area contributed by atoms with E-state index in [1.807, 2.05) is 13.1 Å². The Morgan fingerprint density at radius 3 is 2.90 bits per heavy atom. The van der Waals surface area contributed by atoms with Crippen LogP contribution in [-0.2, 0) is 14.6 Å². The molecule has 0 aliphatic carbocycles. The van der Waals surface area contributed by atoms with Gasteiger partial charge in [0.05, 0.1) is 10.8 Å². The molecule has 20 heavy (non-hydrogen) atoms. The van der Waals surface area contributed by atoms with E-state index in [1.54, 1.807) is 16.2 Å². The Labute approximate surface area is 123 Å². The second-order valence-electron chi connectivity index (χ2n) is 5.37. The fraction of sp³-hybridized carbons (Fsp3) is 0.692. The lowest BCUT2D eigenvalue weighted by atomic mass is 9.98. The molecule has 1 aliphatic rings. The first-order valence-electron chi connectivity index (χ1n) is 6.73. The largest absolute Gasteiger partial charge is 0.342 e. The fourth-order valence-corrected chi connectivity index (χ4v) is 3.84. The Bertz CT molecular complexity index is 580. The summed E-state index contributed by atoms with van der Waals surface area (Å²) in [5.74, 6) is 0.168. The van der Waals surface area contributed by atoms with E-state index in [1.165, 1.54) is 4.88 Å². The molecule has 1 unspecified atom stereocenters. The van der Waals surface area contributed by atoms with E-state index in [9.17, 15) is 13.2 Å². The Hall–Kier alpha value is -0.950. The molecule has 2 heterocycles. The van der Waals surface area contributed by atoms with Gasteiger partial charge in [-0.15, -0.1) is 11.3 Å². The molecule has 2 rings (SSSR count). The highest BCUT2D eigenvalue weighted by atomic mass is 32.2. The van der Waals surface area contributed by atoms with Gasteiger partial charge in [0.25, 0.3) is 0 Å². The number of hydrogen-bond acceptors (Lipinski definition) is 5. The molecule has 0 bridgehead atoms. The first-order chi connectivity index (χ1) is 9.35. The van der Waals surface area contributed by atoms with Crippen molar-refractivity contribution in [3.05, 3.63) is 16.1 Å². The minimum Gasteiger partial charge on any atom is -0.342 e. The zero-order valence-corrected chi connectivity index (χ0v) is 13.5. The molecule has 1 amide bonds. The zero-order valence-electron chi connectivity index (χ0n) is 11.8. The minimum atomic E-state index is -3.08. The summed E-state index contributed by atoms with van der Waals surface area (Å²) in [4.78, 5) is 19.4. The van der Waals surface area contributed by atoms with Crippen molar-refractivity contribution in [3.63, 3.8) is 0 Å². The van der Waals surface area contributed by atoms with Gasteiger partial charge in [-0.05, 0) is 19.8 Å². The van der Waals surface area contributed by atoms with Crippen molar-refractivity contribution in [3.8, 4) is 0 Å². The van der Waals surface area contributed by atoms with Gasteiger partial charge in [0, 0.05) is 42.8 Å². The molecule has 1 aliphatic heterocycles. The van der Waals surface area contributed by atoms with Crippen LogP contribution in [0.2, 0.25) is 0 Å². The van der Waals surface area contributed by atoms with Gasteiger partial charge in [0.15, 0.2) is 0 Å². The summed E-state index contributed by atoms with van der Waals surface area (Å²) >= 11 is 1.68. The number of sulfone groups is 1. The average molecular weight is 316 g/mol. The molecule has 0 N–H and O–H groups in total. The van der Waals surface area contributed by atoms with Crippen LogP contribution in [-0.4, -0.2) is 49.3 Å². The number of thiazole rings is 1. The number of aromatic nitrogens is 1. The van der Waals surface area contributed by atoms with Crippen LogP contribution in [0.1, 0.15) is 35.1 Å². The van der Waals surface area contributed by atoms with Gasteiger partial charge >= 0.3 is 0 Å². The number of carbonyl (C=O) groups is 1.